The van der Waals surface area contributed by atoms with Crippen molar-refractivity contribution in [1.29, 1.82) is 0 Å². The normalized spacial score (nSPS) is 19.2. The van der Waals surface area contributed by atoms with Crippen LogP contribution >= 0.6 is 23.2 Å². The van der Waals surface area contributed by atoms with E-state index in [9.17, 15) is 9.59 Å². The fourth-order valence-corrected chi connectivity index (χ4v) is 2.73. The maximum Gasteiger partial charge on any atom is 0.320 e. The summed E-state index contributed by atoms with van der Waals surface area (Å²) in [5.41, 5.74) is 0.505. The molecule has 1 aliphatic rings. The Morgan fingerprint density at radius 3 is 2.70 bits per heavy atom. The minimum Gasteiger partial charge on any atom is -0.480 e. The molecular weight excluding hydrogens is 301 g/mol. The summed E-state index contributed by atoms with van der Waals surface area (Å²) in [5, 5.41) is 9.83. The van der Waals surface area contributed by atoms with Crippen molar-refractivity contribution in [3.8, 4) is 0 Å². The van der Waals surface area contributed by atoms with E-state index >= 15 is 0 Å². The fraction of sp³-hybridized carbons (Fsp3) is 0.429. The first-order valence-electron chi connectivity index (χ1n) is 6.44. The average molecular weight is 316 g/mol. The number of carbonyl (C=O) groups excluding carboxylic acids is 1. The quantitative estimate of drug-likeness (QED) is 0.848. The molecule has 0 amide bonds. The Balaban J connectivity index is 1.95. The van der Waals surface area contributed by atoms with Crippen LogP contribution < -0.4 is 0 Å². The molecule has 20 heavy (non-hydrogen) atoms. The third-order valence-electron chi connectivity index (χ3n) is 3.52. The third kappa shape index (κ3) is 3.51. The highest BCUT2D eigenvalue weighted by molar-refractivity contribution is 6.42. The Labute approximate surface area is 127 Å². The largest absolute Gasteiger partial charge is 0.480 e. The molecule has 1 fully saturated rings. The molecule has 0 radical (unpaired) electrons. The maximum atomic E-state index is 12.1. The second-order valence-electron chi connectivity index (χ2n) is 4.83. The Bertz CT molecular complexity index is 533. The van der Waals surface area contributed by atoms with Gasteiger partial charge < -0.3 is 5.11 Å². The van der Waals surface area contributed by atoms with Gasteiger partial charge in [0.1, 0.15) is 6.04 Å². The zero-order valence-electron chi connectivity index (χ0n) is 10.8. The van der Waals surface area contributed by atoms with Gasteiger partial charge in [0.05, 0.1) is 10.0 Å². The lowest BCUT2D eigenvalue weighted by atomic mass is 10.1. The molecule has 0 saturated carbocycles. The van der Waals surface area contributed by atoms with Crippen molar-refractivity contribution < 1.29 is 14.7 Å². The van der Waals surface area contributed by atoms with Gasteiger partial charge in [-0.15, -0.1) is 0 Å². The van der Waals surface area contributed by atoms with Gasteiger partial charge in [0.2, 0.25) is 0 Å². The maximum absolute atomic E-state index is 12.1. The molecule has 0 aromatic heterocycles. The van der Waals surface area contributed by atoms with E-state index in [0.29, 0.717) is 28.6 Å². The molecule has 4 nitrogen and oxygen atoms in total. The predicted octanol–water partition coefficient (Wildman–Crippen LogP) is 3.12. The number of nitrogens with zero attached hydrogens (tertiary/aromatic N) is 1. The SMILES string of the molecule is O=C(CCN1CCCC1C(=O)O)c1ccc(Cl)c(Cl)c1. The van der Waals surface area contributed by atoms with Crippen molar-refractivity contribution >= 4 is 35.0 Å². The summed E-state index contributed by atoms with van der Waals surface area (Å²) in [4.78, 5) is 25.0. The number of likely N-dealkylation sites (tertiary alicyclic amines) is 1. The van der Waals surface area contributed by atoms with Gasteiger partial charge in [-0.2, -0.15) is 0 Å². The highest BCUT2D eigenvalue weighted by Crippen LogP contribution is 2.24. The summed E-state index contributed by atoms with van der Waals surface area (Å²) in [5.74, 6) is -0.871. The van der Waals surface area contributed by atoms with Gasteiger partial charge in [-0.05, 0) is 37.6 Å². The number of aliphatic carboxylic acids is 1. The molecule has 1 atom stereocenters. The first kappa shape index (κ1) is 15.3. The Kier molecular flexibility index (Phi) is 5.02. The van der Waals surface area contributed by atoms with Gasteiger partial charge in [-0.25, -0.2) is 0 Å². The molecule has 1 aliphatic heterocycles. The van der Waals surface area contributed by atoms with Crippen LogP contribution in [0, 0.1) is 0 Å². The van der Waals surface area contributed by atoms with Crippen molar-refractivity contribution in [2.75, 3.05) is 13.1 Å². The van der Waals surface area contributed by atoms with Crippen LogP contribution in [0.4, 0.5) is 0 Å². The molecular formula is C14H15Cl2NO3. The molecule has 1 saturated heterocycles. The minimum atomic E-state index is -0.815. The lowest BCUT2D eigenvalue weighted by molar-refractivity contribution is -0.142. The second kappa shape index (κ2) is 6.57. The molecule has 1 aromatic carbocycles. The standard InChI is InChI=1S/C14H15Cl2NO3/c15-10-4-3-9(8-11(10)16)13(18)5-7-17-6-1-2-12(17)14(19)20/h3-4,8,12H,1-2,5-7H2,(H,19,20). The van der Waals surface area contributed by atoms with Crippen LogP contribution in [0.15, 0.2) is 18.2 Å². The number of halogens is 2. The van der Waals surface area contributed by atoms with Crippen LogP contribution in [0.2, 0.25) is 10.0 Å². The molecule has 108 valence electrons. The first-order valence-corrected chi connectivity index (χ1v) is 7.19. The van der Waals surface area contributed by atoms with Gasteiger partial charge in [0.15, 0.2) is 5.78 Å². The van der Waals surface area contributed by atoms with Crippen LogP contribution in [0.5, 0.6) is 0 Å². The van der Waals surface area contributed by atoms with E-state index in [-0.39, 0.29) is 12.2 Å². The van der Waals surface area contributed by atoms with E-state index in [0.717, 1.165) is 13.0 Å². The molecule has 6 heteroatoms. The van der Waals surface area contributed by atoms with Crippen molar-refractivity contribution in [3.63, 3.8) is 0 Å². The average Bonchev–Trinajstić information content (AvgIpc) is 2.87. The number of benzene rings is 1. The van der Waals surface area contributed by atoms with Crippen LogP contribution in [-0.2, 0) is 4.79 Å². The third-order valence-corrected chi connectivity index (χ3v) is 4.26. The summed E-state index contributed by atoms with van der Waals surface area (Å²) in [7, 11) is 0. The second-order valence-corrected chi connectivity index (χ2v) is 5.65. The predicted molar refractivity (Wildman–Crippen MR) is 77.6 cm³/mol. The van der Waals surface area contributed by atoms with Gasteiger partial charge in [-0.3, -0.25) is 14.5 Å². The summed E-state index contributed by atoms with van der Waals surface area (Å²) >= 11 is 11.7. The number of rotatable bonds is 5. The van der Waals surface area contributed by atoms with Gasteiger partial charge in [0, 0.05) is 18.5 Å². The lowest BCUT2D eigenvalue weighted by Crippen LogP contribution is -2.37. The Morgan fingerprint density at radius 1 is 1.30 bits per heavy atom. The Morgan fingerprint density at radius 2 is 2.05 bits per heavy atom. The van der Waals surface area contributed by atoms with Crippen molar-refractivity contribution in [1.82, 2.24) is 4.90 Å². The lowest BCUT2D eigenvalue weighted by Gasteiger charge is -2.20. The van der Waals surface area contributed by atoms with E-state index in [1.54, 1.807) is 18.2 Å². The van der Waals surface area contributed by atoms with E-state index in [2.05, 4.69) is 0 Å². The number of Topliss-reactive ketones (excluding diaryl/α,β-unsaturated/α-hetero) is 1. The molecule has 1 N–H and O–H groups in total. The molecule has 1 unspecified atom stereocenters. The number of carboxylic acid groups (broad SMARTS) is 1. The summed E-state index contributed by atoms with van der Waals surface area (Å²) in [6, 6.07) is 4.31. The molecule has 2 rings (SSSR count). The smallest absolute Gasteiger partial charge is 0.320 e. The summed E-state index contributed by atoms with van der Waals surface area (Å²) < 4.78 is 0. The van der Waals surface area contributed by atoms with Crippen LogP contribution in [0.1, 0.15) is 29.6 Å². The Hall–Kier alpha value is -1.10. The van der Waals surface area contributed by atoms with E-state index < -0.39 is 12.0 Å². The number of hydrogen-bond donors (Lipinski definition) is 1. The minimum absolute atomic E-state index is 0.0559. The topological polar surface area (TPSA) is 57.6 Å². The monoisotopic (exact) mass is 315 g/mol. The van der Waals surface area contributed by atoms with Crippen molar-refractivity contribution in [2.45, 2.75) is 25.3 Å². The van der Waals surface area contributed by atoms with Crippen molar-refractivity contribution in [2.24, 2.45) is 0 Å². The van der Waals surface area contributed by atoms with Crippen LogP contribution in [0.3, 0.4) is 0 Å². The van der Waals surface area contributed by atoms with Gasteiger partial charge in [-0.1, -0.05) is 23.2 Å². The molecule has 0 aliphatic carbocycles. The number of carboxylic acids is 1. The number of hydrogen-bond acceptors (Lipinski definition) is 3. The summed E-state index contributed by atoms with van der Waals surface area (Å²) in [6.45, 7) is 1.18. The van der Waals surface area contributed by atoms with Crippen molar-refractivity contribution in [3.05, 3.63) is 33.8 Å². The molecule has 0 spiro atoms. The van der Waals surface area contributed by atoms with Crippen LogP contribution in [0.25, 0.3) is 0 Å². The highest BCUT2D eigenvalue weighted by Gasteiger charge is 2.30. The number of ketones is 1. The summed E-state index contributed by atoms with van der Waals surface area (Å²) in [6.07, 6.45) is 1.79. The zero-order chi connectivity index (χ0) is 14.7. The molecule has 1 heterocycles. The van der Waals surface area contributed by atoms with E-state index in [1.807, 2.05) is 4.90 Å². The first-order chi connectivity index (χ1) is 9.49. The fourth-order valence-electron chi connectivity index (χ4n) is 2.43. The molecule has 0 bridgehead atoms. The van der Waals surface area contributed by atoms with Crippen LogP contribution in [-0.4, -0.2) is 40.9 Å². The number of carbonyl (C=O) groups is 2. The zero-order valence-corrected chi connectivity index (χ0v) is 12.3. The van der Waals surface area contributed by atoms with Gasteiger partial charge in [0.25, 0.3) is 0 Å². The highest BCUT2D eigenvalue weighted by atomic mass is 35.5. The van der Waals surface area contributed by atoms with Gasteiger partial charge >= 0.3 is 5.97 Å². The van der Waals surface area contributed by atoms with E-state index in [1.165, 1.54) is 0 Å². The molecule has 1 aromatic rings. The van der Waals surface area contributed by atoms with E-state index in [4.69, 9.17) is 28.3 Å².